The molecule has 7 nitrogen and oxygen atoms in total. The fraction of sp³-hybridized carbons (Fsp3) is 0.240. The molecule has 0 radical (unpaired) electrons. The van der Waals surface area contributed by atoms with Crippen molar-refractivity contribution >= 4 is 21.6 Å². The van der Waals surface area contributed by atoms with Gasteiger partial charge in [0, 0.05) is 12.6 Å². The number of methoxy groups -OCH3 is 2. The first-order valence-corrected chi connectivity index (χ1v) is 12.1. The van der Waals surface area contributed by atoms with E-state index in [2.05, 4.69) is 5.32 Å². The first-order valence-electron chi connectivity index (χ1n) is 10.7. The predicted molar refractivity (Wildman–Crippen MR) is 128 cm³/mol. The van der Waals surface area contributed by atoms with Gasteiger partial charge in [-0.1, -0.05) is 30.3 Å². The molecule has 0 saturated heterocycles. The van der Waals surface area contributed by atoms with E-state index in [9.17, 15) is 17.6 Å². The van der Waals surface area contributed by atoms with Crippen molar-refractivity contribution in [3.63, 3.8) is 0 Å². The van der Waals surface area contributed by atoms with Gasteiger partial charge >= 0.3 is 0 Å². The Morgan fingerprint density at radius 2 is 1.62 bits per heavy atom. The molecule has 0 fully saturated rings. The SMILES string of the molecule is COc1ccc(S(=O)(=O)N(CC(=O)NCCCc2ccc(F)cc2)c2ccccc2)cc1OC. The van der Waals surface area contributed by atoms with Gasteiger partial charge < -0.3 is 14.8 Å². The number of carbonyl (C=O) groups is 1. The molecule has 3 rings (SSSR count). The Hall–Kier alpha value is -3.59. The van der Waals surface area contributed by atoms with E-state index in [-0.39, 0.29) is 16.5 Å². The molecule has 0 saturated carbocycles. The smallest absolute Gasteiger partial charge is 0.264 e. The van der Waals surface area contributed by atoms with E-state index >= 15 is 0 Å². The number of halogens is 1. The number of hydrogen-bond donors (Lipinski definition) is 1. The summed E-state index contributed by atoms with van der Waals surface area (Å²) in [4.78, 5) is 12.6. The summed E-state index contributed by atoms with van der Waals surface area (Å²) in [6, 6.07) is 18.9. The maximum Gasteiger partial charge on any atom is 0.264 e. The normalized spacial score (nSPS) is 11.0. The highest BCUT2D eigenvalue weighted by molar-refractivity contribution is 7.92. The molecule has 0 aliphatic rings. The lowest BCUT2D eigenvalue weighted by atomic mass is 10.1. The predicted octanol–water partition coefficient (Wildman–Crippen LogP) is 3.79. The van der Waals surface area contributed by atoms with Crippen molar-refractivity contribution in [3.05, 3.63) is 84.2 Å². The molecule has 9 heteroatoms. The van der Waals surface area contributed by atoms with E-state index < -0.39 is 22.5 Å². The summed E-state index contributed by atoms with van der Waals surface area (Å²) in [5, 5.41) is 2.77. The highest BCUT2D eigenvalue weighted by Crippen LogP contribution is 2.32. The maximum atomic E-state index is 13.5. The summed E-state index contributed by atoms with van der Waals surface area (Å²) in [5.41, 5.74) is 1.32. The van der Waals surface area contributed by atoms with Gasteiger partial charge in [0.15, 0.2) is 11.5 Å². The fourth-order valence-corrected chi connectivity index (χ4v) is 4.81. The van der Waals surface area contributed by atoms with E-state index in [0.717, 1.165) is 9.87 Å². The summed E-state index contributed by atoms with van der Waals surface area (Å²) < 4.78 is 51.5. The molecule has 0 bridgehead atoms. The zero-order valence-corrected chi connectivity index (χ0v) is 19.8. The highest BCUT2D eigenvalue weighted by Gasteiger charge is 2.28. The fourth-order valence-electron chi connectivity index (χ4n) is 3.37. The topological polar surface area (TPSA) is 84.9 Å². The summed E-state index contributed by atoms with van der Waals surface area (Å²) >= 11 is 0. The van der Waals surface area contributed by atoms with Gasteiger partial charge in [-0.2, -0.15) is 0 Å². The minimum Gasteiger partial charge on any atom is -0.493 e. The van der Waals surface area contributed by atoms with Gasteiger partial charge in [-0.25, -0.2) is 12.8 Å². The molecule has 34 heavy (non-hydrogen) atoms. The van der Waals surface area contributed by atoms with Gasteiger partial charge in [0.05, 0.1) is 24.8 Å². The van der Waals surface area contributed by atoms with Crippen molar-refractivity contribution in [3.8, 4) is 11.5 Å². The second-order valence-electron chi connectivity index (χ2n) is 7.44. The highest BCUT2D eigenvalue weighted by atomic mass is 32.2. The Bertz CT molecular complexity index is 1200. The third kappa shape index (κ3) is 6.26. The number of sulfonamides is 1. The molecular weight excluding hydrogens is 459 g/mol. The third-order valence-electron chi connectivity index (χ3n) is 5.15. The first-order chi connectivity index (χ1) is 16.3. The molecule has 0 unspecified atom stereocenters. The number of benzene rings is 3. The first kappa shape index (κ1) is 25.0. The summed E-state index contributed by atoms with van der Waals surface area (Å²) in [5.74, 6) is -0.0748. The van der Waals surface area contributed by atoms with E-state index in [4.69, 9.17) is 9.47 Å². The average Bonchev–Trinajstić information content (AvgIpc) is 2.86. The van der Waals surface area contributed by atoms with Crippen LogP contribution in [0.25, 0.3) is 0 Å². The zero-order chi connectivity index (χ0) is 24.6. The Balaban J connectivity index is 1.73. The number of ether oxygens (including phenoxy) is 2. The van der Waals surface area contributed by atoms with Crippen LogP contribution in [0, 0.1) is 5.82 Å². The van der Waals surface area contributed by atoms with Crippen molar-refractivity contribution in [1.82, 2.24) is 5.32 Å². The molecular formula is C25H27FN2O5S. The average molecular weight is 487 g/mol. The number of hydrogen-bond acceptors (Lipinski definition) is 5. The summed E-state index contributed by atoms with van der Waals surface area (Å²) in [6.07, 6.45) is 1.29. The second-order valence-corrected chi connectivity index (χ2v) is 9.31. The summed E-state index contributed by atoms with van der Waals surface area (Å²) in [6.45, 7) is -0.0352. The van der Waals surface area contributed by atoms with Crippen LogP contribution in [-0.4, -0.2) is 41.6 Å². The quantitative estimate of drug-likeness (QED) is 0.417. The van der Waals surface area contributed by atoms with Crippen molar-refractivity contribution in [2.24, 2.45) is 0 Å². The van der Waals surface area contributed by atoms with Gasteiger partial charge in [0.2, 0.25) is 5.91 Å². The third-order valence-corrected chi connectivity index (χ3v) is 6.92. The van der Waals surface area contributed by atoms with Gasteiger partial charge in [-0.15, -0.1) is 0 Å². The largest absolute Gasteiger partial charge is 0.493 e. The lowest BCUT2D eigenvalue weighted by Crippen LogP contribution is -2.41. The van der Waals surface area contributed by atoms with Gasteiger partial charge in [-0.3, -0.25) is 9.10 Å². The monoisotopic (exact) mass is 486 g/mol. The Labute approximate surface area is 199 Å². The van der Waals surface area contributed by atoms with Crippen LogP contribution in [0.1, 0.15) is 12.0 Å². The maximum absolute atomic E-state index is 13.5. The molecule has 180 valence electrons. The minimum atomic E-state index is -4.08. The standard InChI is InChI=1S/C25H27FN2O5S/c1-32-23-15-14-22(17-24(23)33-2)34(30,31)28(21-8-4-3-5-9-21)18-25(29)27-16-6-7-19-10-12-20(26)13-11-19/h3-5,8-15,17H,6-7,16,18H2,1-2H3,(H,27,29). The van der Waals surface area contributed by atoms with Crippen LogP contribution >= 0.6 is 0 Å². The molecule has 0 heterocycles. The van der Waals surface area contributed by atoms with Gasteiger partial charge in [0.25, 0.3) is 10.0 Å². The van der Waals surface area contributed by atoms with Gasteiger partial charge in [-0.05, 0) is 54.8 Å². The second kappa shape index (κ2) is 11.5. The van der Waals surface area contributed by atoms with Crippen molar-refractivity contribution in [1.29, 1.82) is 0 Å². The molecule has 1 amide bonds. The number of anilines is 1. The van der Waals surface area contributed by atoms with E-state index in [1.54, 1.807) is 42.5 Å². The molecule has 0 aromatic heterocycles. The number of aryl methyl sites for hydroxylation is 1. The number of nitrogens with one attached hydrogen (secondary N) is 1. The minimum absolute atomic E-state index is 0.0295. The number of carbonyl (C=O) groups excluding carboxylic acids is 1. The van der Waals surface area contributed by atoms with Crippen LogP contribution in [0.4, 0.5) is 10.1 Å². The summed E-state index contributed by atoms with van der Waals surface area (Å²) in [7, 11) is -1.20. The van der Waals surface area contributed by atoms with Crippen molar-refractivity contribution in [2.45, 2.75) is 17.7 Å². The van der Waals surface area contributed by atoms with Gasteiger partial charge in [0.1, 0.15) is 12.4 Å². The van der Waals surface area contributed by atoms with Crippen LogP contribution in [0.2, 0.25) is 0 Å². The van der Waals surface area contributed by atoms with E-state index in [1.807, 2.05) is 0 Å². The zero-order valence-electron chi connectivity index (χ0n) is 19.0. The van der Waals surface area contributed by atoms with E-state index in [0.29, 0.717) is 30.8 Å². The van der Waals surface area contributed by atoms with Crippen LogP contribution in [0.3, 0.4) is 0 Å². The van der Waals surface area contributed by atoms with Crippen LogP contribution in [0.15, 0.2) is 77.7 Å². The molecule has 3 aromatic carbocycles. The Morgan fingerprint density at radius 3 is 2.26 bits per heavy atom. The van der Waals surface area contributed by atoms with E-state index in [1.165, 1.54) is 44.6 Å². The lowest BCUT2D eigenvalue weighted by molar-refractivity contribution is -0.119. The van der Waals surface area contributed by atoms with Crippen LogP contribution in [-0.2, 0) is 21.2 Å². The van der Waals surface area contributed by atoms with Crippen molar-refractivity contribution < 1.29 is 27.1 Å². The van der Waals surface area contributed by atoms with Crippen LogP contribution in [0.5, 0.6) is 11.5 Å². The number of para-hydroxylation sites is 1. The number of rotatable bonds is 11. The molecule has 0 spiro atoms. The molecule has 1 N–H and O–H groups in total. The Kier molecular flexibility index (Phi) is 8.48. The number of amides is 1. The molecule has 0 aliphatic carbocycles. The number of nitrogens with zero attached hydrogens (tertiary/aromatic N) is 1. The molecule has 0 atom stereocenters. The molecule has 3 aromatic rings. The van der Waals surface area contributed by atoms with Crippen molar-refractivity contribution in [2.75, 3.05) is 31.6 Å². The Morgan fingerprint density at radius 1 is 0.941 bits per heavy atom. The lowest BCUT2D eigenvalue weighted by Gasteiger charge is -2.24. The van der Waals surface area contributed by atoms with Crippen LogP contribution < -0.4 is 19.1 Å². The molecule has 0 aliphatic heterocycles.